The molecule has 0 aliphatic carbocycles. The number of aliphatic hydroxyl groups is 1. The Hall–Kier alpha value is -0.620. The van der Waals surface area contributed by atoms with Crippen LogP contribution in [0.4, 0.5) is 0 Å². The van der Waals surface area contributed by atoms with Gasteiger partial charge in [-0.3, -0.25) is 4.79 Å². The molecule has 2 N–H and O–H groups in total. The van der Waals surface area contributed by atoms with Crippen LogP contribution in [0.2, 0.25) is 0 Å². The van der Waals surface area contributed by atoms with Crippen molar-refractivity contribution in [2.75, 3.05) is 18.6 Å². The lowest BCUT2D eigenvalue weighted by atomic mass is 10.1. The van der Waals surface area contributed by atoms with Gasteiger partial charge in [-0.1, -0.05) is 13.8 Å². The van der Waals surface area contributed by atoms with Crippen molar-refractivity contribution < 1.29 is 18.3 Å². The van der Waals surface area contributed by atoms with Gasteiger partial charge >= 0.3 is 0 Å². The third-order valence-electron chi connectivity index (χ3n) is 1.62. The van der Waals surface area contributed by atoms with Gasteiger partial charge in [0.1, 0.15) is 9.84 Å². The monoisotopic (exact) mass is 237 g/mol. The summed E-state index contributed by atoms with van der Waals surface area (Å²) in [6.45, 7) is 3.80. The molecule has 0 aliphatic rings. The molecule has 0 saturated carbocycles. The summed E-state index contributed by atoms with van der Waals surface area (Å²) in [5.74, 6) is -0.246. The van der Waals surface area contributed by atoms with Crippen LogP contribution in [0.5, 0.6) is 0 Å². The molecule has 0 spiro atoms. The fourth-order valence-corrected chi connectivity index (χ4v) is 1.90. The summed E-state index contributed by atoms with van der Waals surface area (Å²) in [7, 11) is -3.20. The van der Waals surface area contributed by atoms with Crippen LogP contribution >= 0.6 is 0 Å². The molecule has 15 heavy (non-hydrogen) atoms. The summed E-state index contributed by atoms with van der Waals surface area (Å²) < 4.78 is 21.6. The van der Waals surface area contributed by atoms with Crippen LogP contribution in [0.1, 0.15) is 20.3 Å². The van der Waals surface area contributed by atoms with E-state index in [1.807, 2.05) is 13.8 Å². The zero-order chi connectivity index (χ0) is 12.1. The summed E-state index contributed by atoms with van der Waals surface area (Å²) in [6.07, 6.45) is 0.397. The third kappa shape index (κ3) is 9.68. The molecule has 6 heteroatoms. The Labute approximate surface area is 90.8 Å². The number of carbonyl (C=O) groups excluding carboxylic acids is 1. The second-order valence-electron chi connectivity index (χ2n) is 4.15. The second kappa shape index (κ2) is 6.07. The summed E-state index contributed by atoms with van der Waals surface area (Å²) in [5, 5.41) is 11.8. The van der Waals surface area contributed by atoms with Crippen molar-refractivity contribution in [3.63, 3.8) is 0 Å². The largest absolute Gasteiger partial charge is 0.390 e. The Morgan fingerprint density at radius 3 is 2.33 bits per heavy atom. The van der Waals surface area contributed by atoms with Crippen LogP contribution in [0.25, 0.3) is 0 Å². The van der Waals surface area contributed by atoms with E-state index in [-0.39, 0.29) is 24.1 Å². The smallest absolute Gasteiger partial charge is 0.220 e. The van der Waals surface area contributed by atoms with Gasteiger partial charge in [0.2, 0.25) is 5.91 Å². The summed E-state index contributed by atoms with van der Waals surface area (Å²) >= 11 is 0. The molecule has 1 unspecified atom stereocenters. The molecule has 0 fully saturated rings. The summed E-state index contributed by atoms with van der Waals surface area (Å²) in [6, 6.07) is 0. The first-order valence-corrected chi connectivity index (χ1v) is 6.89. The number of hydrogen-bond donors (Lipinski definition) is 2. The lowest BCUT2D eigenvalue weighted by Gasteiger charge is -2.11. The van der Waals surface area contributed by atoms with Crippen LogP contribution in [-0.4, -0.2) is 44.1 Å². The minimum Gasteiger partial charge on any atom is -0.390 e. The molecule has 0 heterocycles. The predicted molar refractivity (Wildman–Crippen MR) is 58.2 cm³/mol. The molecule has 5 nitrogen and oxygen atoms in total. The lowest BCUT2D eigenvalue weighted by molar-refractivity contribution is -0.122. The van der Waals surface area contributed by atoms with E-state index >= 15 is 0 Å². The summed E-state index contributed by atoms with van der Waals surface area (Å²) in [5.41, 5.74) is 0. The van der Waals surface area contributed by atoms with Gasteiger partial charge in [0.05, 0.1) is 11.9 Å². The molecular formula is C9H19NO4S. The van der Waals surface area contributed by atoms with Gasteiger partial charge in [-0.25, -0.2) is 8.42 Å². The molecule has 0 aliphatic heterocycles. The molecule has 0 aromatic carbocycles. The van der Waals surface area contributed by atoms with E-state index in [0.717, 1.165) is 6.26 Å². The maximum Gasteiger partial charge on any atom is 0.220 e. The van der Waals surface area contributed by atoms with Crippen molar-refractivity contribution in [1.82, 2.24) is 5.32 Å². The van der Waals surface area contributed by atoms with Gasteiger partial charge < -0.3 is 10.4 Å². The Bertz CT molecular complexity index is 297. The van der Waals surface area contributed by atoms with Gasteiger partial charge in [-0.15, -0.1) is 0 Å². The van der Waals surface area contributed by atoms with Crippen molar-refractivity contribution >= 4 is 15.7 Å². The summed E-state index contributed by atoms with van der Waals surface area (Å²) in [4.78, 5) is 11.2. The number of hydrogen-bond acceptors (Lipinski definition) is 4. The molecule has 1 atom stereocenters. The molecule has 0 aromatic rings. The first-order chi connectivity index (χ1) is 6.70. The molecule has 0 rings (SSSR count). The highest BCUT2D eigenvalue weighted by Crippen LogP contribution is 1.98. The van der Waals surface area contributed by atoms with E-state index in [1.165, 1.54) is 0 Å². The molecule has 0 bridgehead atoms. The van der Waals surface area contributed by atoms with E-state index in [1.54, 1.807) is 0 Å². The van der Waals surface area contributed by atoms with Crippen LogP contribution in [-0.2, 0) is 14.6 Å². The van der Waals surface area contributed by atoms with E-state index in [2.05, 4.69) is 5.32 Å². The highest BCUT2D eigenvalue weighted by atomic mass is 32.2. The highest BCUT2D eigenvalue weighted by Gasteiger charge is 2.13. The Balaban J connectivity index is 3.81. The van der Waals surface area contributed by atoms with Crippen LogP contribution < -0.4 is 5.32 Å². The maximum atomic E-state index is 11.2. The standard InChI is InChI=1S/C9H19NO4S/c1-7(2)4-9(12)10-5-8(11)6-15(3,13)14/h7-8,11H,4-6H2,1-3H3,(H,10,12). The van der Waals surface area contributed by atoms with Gasteiger partial charge in [0, 0.05) is 19.2 Å². The molecule has 1 amide bonds. The number of rotatable bonds is 6. The first-order valence-electron chi connectivity index (χ1n) is 4.83. The van der Waals surface area contributed by atoms with Crippen molar-refractivity contribution in [3.05, 3.63) is 0 Å². The minimum absolute atomic E-state index is 0.0153. The Kier molecular flexibility index (Phi) is 5.82. The SMILES string of the molecule is CC(C)CC(=O)NCC(O)CS(C)(=O)=O. The average molecular weight is 237 g/mol. The number of nitrogens with one attached hydrogen (secondary N) is 1. The van der Waals surface area contributed by atoms with E-state index in [9.17, 15) is 18.3 Å². The first kappa shape index (κ1) is 14.4. The van der Waals surface area contributed by atoms with Crippen molar-refractivity contribution in [2.45, 2.75) is 26.4 Å². The molecular weight excluding hydrogens is 218 g/mol. The van der Waals surface area contributed by atoms with E-state index < -0.39 is 15.9 Å². The zero-order valence-corrected chi connectivity index (χ0v) is 10.2. The number of sulfone groups is 1. The molecule has 0 radical (unpaired) electrons. The fraction of sp³-hybridized carbons (Fsp3) is 0.889. The zero-order valence-electron chi connectivity index (χ0n) is 9.36. The maximum absolute atomic E-state index is 11.2. The van der Waals surface area contributed by atoms with Gasteiger partial charge in [-0.2, -0.15) is 0 Å². The highest BCUT2D eigenvalue weighted by molar-refractivity contribution is 7.90. The van der Waals surface area contributed by atoms with Crippen LogP contribution in [0.15, 0.2) is 0 Å². The lowest BCUT2D eigenvalue weighted by Crippen LogP contribution is -2.36. The van der Waals surface area contributed by atoms with Crippen molar-refractivity contribution in [1.29, 1.82) is 0 Å². The number of carbonyl (C=O) groups is 1. The average Bonchev–Trinajstić information content (AvgIpc) is 1.96. The van der Waals surface area contributed by atoms with Crippen LogP contribution in [0.3, 0.4) is 0 Å². The van der Waals surface area contributed by atoms with Gasteiger partial charge in [-0.05, 0) is 5.92 Å². The Morgan fingerprint density at radius 1 is 1.40 bits per heavy atom. The van der Waals surface area contributed by atoms with Gasteiger partial charge in [0.25, 0.3) is 0 Å². The molecule has 90 valence electrons. The number of aliphatic hydroxyl groups excluding tert-OH is 1. The predicted octanol–water partition coefficient (Wildman–Crippen LogP) is -0.446. The van der Waals surface area contributed by atoms with Crippen molar-refractivity contribution in [2.24, 2.45) is 5.92 Å². The minimum atomic E-state index is -3.20. The quantitative estimate of drug-likeness (QED) is 0.655. The van der Waals surface area contributed by atoms with E-state index in [4.69, 9.17) is 0 Å². The molecule has 0 saturated heterocycles. The van der Waals surface area contributed by atoms with Crippen LogP contribution in [0, 0.1) is 5.92 Å². The normalized spacial score (nSPS) is 13.9. The third-order valence-corrected chi connectivity index (χ3v) is 2.61. The van der Waals surface area contributed by atoms with E-state index in [0.29, 0.717) is 6.42 Å². The second-order valence-corrected chi connectivity index (χ2v) is 6.33. The topological polar surface area (TPSA) is 83.5 Å². The number of amides is 1. The van der Waals surface area contributed by atoms with Crippen molar-refractivity contribution in [3.8, 4) is 0 Å². The molecule has 0 aromatic heterocycles. The Morgan fingerprint density at radius 2 is 1.93 bits per heavy atom. The van der Waals surface area contributed by atoms with Gasteiger partial charge in [0.15, 0.2) is 0 Å². The fourth-order valence-electron chi connectivity index (χ4n) is 1.08.